The molecule has 0 bridgehead atoms. The van der Waals surface area contributed by atoms with E-state index >= 15 is 0 Å². The van der Waals surface area contributed by atoms with E-state index in [0.29, 0.717) is 12.8 Å². The summed E-state index contributed by atoms with van der Waals surface area (Å²) in [6.45, 7) is 3.55. The van der Waals surface area contributed by atoms with E-state index in [2.05, 4.69) is 6.92 Å². The van der Waals surface area contributed by atoms with Crippen molar-refractivity contribution in [2.45, 2.75) is 97.0 Å². The minimum Gasteiger partial charge on any atom is -0.481 e. The molecule has 0 heterocycles. The molecule has 0 radical (unpaired) electrons. The fourth-order valence-electron chi connectivity index (χ4n) is 3.66. The highest BCUT2D eigenvalue weighted by molar-refractivity contribution is 5.88. The van der Waals surface area contributed by atoms with Gasteiger partial charge in [0.2, 0.25) is 0 Å². The summed E-state index contributed by atoms with van der Waals surface area (Å²) in [6.07, 6.45) is 13.2. The number of unbranched alkanes of at least 4 members (excludes halogenated alkanes) is 4. The molecule has 0 aromatic carbocycles. The number of carbonyl (C=O) groups excluding carboxylic acids is 2. The van der Waals surface area contributed by atoms with Gasteiger partial charge in [-0.3, -0.25) is 14.4 Å². The number of Topliss-reactive ketones (excluding diaryl/α,β-unsaturated/α-hetero) is 1. The lowest BCUT2D eigenvalue weighted by atomic mass is 9.79. The molecule has 0 spiro atoms. The zero-order chi connectivity index (χ0) is 19.4. The summed E-state index contributed by atoms with van der Waals surface area (Å²) in [5, 5.41) is 8.72. The standard InChI is InChI=1S/C21H34O5/c1-3-4-6-10-18(26-17(2)22)13-16-21(15-9-11-19(21)23)14-8-5-7-12-20(24)25/h13,16,18H,3-12,14-15H2,1-2H3,(H,24,25). The number of aliphatic carboxylic acids is 1. The Hall–Kier alpha value is -1.65. The third-order valence-electron chi connectivity index (χ3n) is 5.14. The average molecular weight is 366 g/mol. The highest BCUT2D eigenvalue weighted by Gasteiger charge is 2.39. The van der Waals surface area contributed by atoms with Crippen molar-refractivity contribution in [3.63, 3.8) is 0 Å². The summed E-state index contributed by atoms with van der Waals surface area (Å²) in [4.78, 5) is 34.5. The molecule has 0 aliphatic heterocycles. The molecule has 0 amide bonds. The lowest BCUT2D eigenvalue weighted by Crippen LogP contribution is -2.24. The molecule has 148 valence electrons. The van der Waals surface area contributed by atoms with E-state index in [1.54, 1.807) is 0 Å². The van der Waals surface area contributed by atoms with Gasteiger partial charge < -0.3 is 9.84 Å². The van der Waals surface area contributed by atoms with Gasteiger partial charge in [0.05, 0.1) is 0 Å². The fraction of sp³-hybridized carbons (Fsp3) is 0.762. The van der Waals surface area contributed by atoms with Gasteiger partial charge in [-0.25, -0.2) is 0 Å². The summed E-state index contributed by atoms with van der Waals surface area (Å²) < 4.78 is 5.40. The minimum atomic E-state index is -0.771. The maximum Gasteiger partial charge on any atom is 0.303 e. The van der Waals surface area contributed by atoms with Crippen LogP contribution in [0.5, 0.6) is 0 Å². The van der Waals surface area contributed by atoms with Crippen LogP contribution in [0.15, 0.2) is 12.2 Å². The lowest BCUT2D eigenvalue weighted by Gasteiger charge is -2.24. The molecule has 1 rings (SSSR count). The van der Waals surface area contributed by atoms with Crippen LogP contribution in [0.3, 0.4) is 0 Å². The first kappa shape index (κ1) is 22.4. The average Bonchev–Trinajstić information content (AvgIpc) is 2.93. The Morgan fingerprint density at radius 3 is 2.58 bits per heavy atom. The van der Waals surface area contributed by atoms with Crippen molar-refractivity contribution in [2.75, 3.05) is 0 Å². The first-order valence-corrected chi connectivity index (χ1v) is 10.0. The van der Waals surface area contributed by atoms with Gasteiger partial charge in [-0.15, -0.1) is 0 Å². The van der Waals surface area contributed by atoms with Gasteiger partial charge in [-0.2, -0.15) is 0 Å². The number of carboxylic acid groups (broad SMARTS) is 1. The van der Waals surface area contributed by atoms with Crippen LogP contribution in [-0.2, 0) is 19.1 Å². The van der Waals surface area contributed by atoms with Crippen molar-refractivity contribution < 1.29 is 24.2 Å². The van der Waals surface area contributed by atoms with E-state index in [-0.39, 0.29) is 24.3 Å². The van der Waals surface area contributed by atoms with Crippen LogP contribution in [0.4, 0.5) is 0 Å². The summed E-state index contributed by atoms with van der Waals surface area (Å²) in [5.74, 6) is -0.799. The topological polar surface area (TPSA) is 80.7 Å². The molecule has 0 saturated heterocycles. The molecule has 0 aromatic rings. The number of carboxylic acids is 1. The van der Waals surface area contributed by atoms with Crippen molar-refractivity contribution >= 4 is 17.7 Å². The Kier molecular flexibility index (Phi) is 10.2. The van der Waals surface area contributed by atoms with Crippen molar-refractivity contribution in [3.8, 4) is 0 Å². The predicted octanol–water partition coefficient (Wildman–Crippen LogP) is 4.83. The molecule has 1 N–H and O–H groups in total. The van der Waals surface area contributed by atoms with Crippen molar-refractivity contribution in [2.24, 2.45) is 5.41 Å². The largest absolute Gasteiger partial charge is 0.481 e. The van der Waals surface area contributed by atoms with Crippen LogP contribution < -0.4 is 0 Å². The quantitative estimate of drug-likeness (QED) is 0.287. The third kappa shape index (κ3) is 8.15. The molecule has 1 aliphatic carbocycles. The van der Waals surface area contributed by atoms with E-state index in [1.807, 2.05) is 12.2 Å². The van der Waals surface area contributed by atoms with E-state index in [4.69, 9.17) is 9.84 Å². The molecule has 5 heteroatoms. The van der Waals surface area contributed by atoms with Crippen LogP contribution in [0.2, 0.25) is 0 Å². The first-order valence-electron chi connectivity index (χ1n) is 10.0. The number of ketones is 1. The van der Waals surface area contributed by atoms with Gasteiger partial charge >= 0.3 is 11.9 Å². The van der Waals surface area contributed by atoms with Gasteiger partial charge in [-0.1, -0.05) is 38.7 Å². The molecule has 1 fully saturated rings. The van der Waals surface area contributed by atoms with Gasteiger partial charge in [0.15, 0.2) is 0 Å². The van der Waals surface area contributed by atoms with Gasteiger partial charge in [0.25, 0.3) is 0 Å². The maximum absolute atomic E-state index is 12.5. The number of esters is 1. The van der Waals surface area contributed by atoms with Gasteiger partial charge in [-0.05, 0) is 44.6 Å². The van der Waals surface area contributed by atoms with Crippen LogP contribution in [0, 0.1) is 5.41 Å². The highest BCUT2D eigenvalue weighted by atomic mass is 16.5. The monoisotopic (exact) mass is 366 g/mol. The van der Waals surface area contributed by atoms with Crippen LogP contribution in [0.25, 0.3) is 0 Å². The Labute approximate surface area is 157 Å². The Bertz CT molecular complexity index is 497. The number of hydrogen-bond acceptors (Lipinski definition) is 4. The first-order chi connectivity index (χ1) is 12.4. The number of ether oxygens (including phenoxy) is 1. The molecule has 5 nitrogen and oxygen atoms in total. The number of allylic oxidation sites excluding steroid dienone is 1. The molecule has 2 unspecified atom stereocenters. The molecular formula is C21H34O5. The second-order valence-corrected chi connectivity index (χ2v) is 7.39. The van der Waals surface area contributed by atoms with Crippen molar-refractivity contribution in [1.82, 2.24) is 0 Å². The zero-order valence-corrected chi connectivity index (χ0v) is 16.3. The predicted molar refractivity (Wildman–Crippen MR) is 101 cm³/mol. The molecule has 1 saturated carbocycles. The second-order valence-electron chi connectivity index (χ2n) is 7.39. The molecule has 1 aliphatic rings. The molecule has 2 atom stereocenters. The van der Waals surface area contributed by atoms with Gasteiger partial charge in [0, 0.05) is 25.2 Å². The highest BCUT2D eigenvalue weighted by Crippen LogP contribution is 2.41. The zero-order valence-electron chi connectivity index (χ0n) is 16.3. The van der Waals surface area contributed by atoms with E-state index in [9.17, 15) is 14.4 Å². The summed E-state index contributed by atoms with van der Waals surface area (Å²) in [6, 6.07) is 0. The SMILES string of the molecule is CCCCCC(C=CC1(CCCCCC(=O)O)CCCC1=O)OC(C)=O. The summed E-state index contributed by atoms with van der Waals surface area (Å²) >= 11 is 0. The smallest absolute Gasteiger partial charge is 0.303 e. The fourth-order valence-corrected chi connectivity index (χ4v) is 3.66. The van der Waals surface area contributed by atoms with Crippen LogP contribution in [0.1, 0.15) is 90.9 Å². The van der Waals surface area contributed by atoms with E-state index in [1.165, 1.54) is 6.92 Å². The number of hydrogen-bond donors (Lipinski definition) is 1. The van der Waals surface area contributed by atoms with Crippen molar-refractivity contribution in [1.29, 1.82) is 0 Å². The Morgan fingerprint density at radius 2 is 2.00 bits per heavy atom. The van der Waals surface area contributed by atoms with Gasteiger partial charge in [0.1, 0.15) is 11.9 Å². The lowest BCUT2D eigenvalue weighted by molar-refractivity contribution is -0.144. The number of rotatable bonds is 13. The summed E-state index contributed by atoms with van der Waals surface area (Å²) in [5.41, 5.74) is -0.452. The summed E-state index contributed by atoms with van der Waals surface area (Å²) in [7, 11) is 0. The van der Waals surface area contributed by atoms with E-state index < -0.39 is 11.4 Å². The molecular weight excluding hydrogens is 332 g/mol. The Morgan fingerprint density at radius 1 is 1.23 bits per heavy atom. The molecule has 0 aromatic heterocycles. The normalized spacial score (nSPS) is 21.2. The van der Waals surface area contributed by atoms with Crippen LogP contribution >= 0.6 is 0 Å². The van der Waals surface area contributed by atoms with Crippen molar-refractivity contribution in [3.05, 3.63) is 12.2 Å². The second kappa shape index (κ2) is 11.9. The maximum atomic E-state index is 12.5. The minimum absolute atomic E-state index is 0.183. The van der Waals surface area contributed by atoms with E-state index in [0.717, 1.165) is 57.8 Å². The number of carbonyl (C=O) groups is 3. The Balaban J connectivity index is 2.67. The third-order valence-corrected chi connectivity index (χ3v) is 5.14. The molecule has 26 heavy (non-hydrogen) atoms. The van der Waals surface area contributed by atoms with Crippen LogP contribution in [-0.4, -0.2) is 28.9 Å².